The van der Waals surface area contributed by atoms with Crippen LogP contribution in [0.4, 0.5) is 0 Å². The average molecular weight is 147 g/mol. The van der Waals surface area contributed by atoms with Crippen LogP contribution in [-0.4, -0.2) is 11.0 Å². The number of hydrogen-bond acceptors (Lipinski definition) is 3. The van der Waals surface area contributed by atoms with E-state index in [2.05, 4.69) is 4.98 Å². The van der Waals surface area contributed by atoms with Crippen molar-refractivity contribution in [3.63, 3.8) is 0 Å². The monoisotopic (exact) mass is 147 g/mol. The van der Waals surface area contributed by atoms with Crippen LogP contribution in [0.25, 0.3) is 0 Å². The molecule has 0 unspecified atom stereocenters. The van der Waals surface area contributed by atoms with Gasteiger partial charge in [0, 0.05) is 18.3 Å². The summed E-state index contributed by atoms with van der Waals surface area (Å²) in [5.74, 6) is 0. The molecule has 1 rings (SSSR count). The van der Waals surface area contributed by atoms with E-state index in [1.807, 2.05) is 24.3 Å². The Morgan fingerprint density at radius 3 is 3.00 bits per heavy atom. The average Bonchev–Trinajstić information content (AvgIpc) is 2.06. The van der Waals surface area contributed by atoms with E-state index < -0.39 is 6.04 Å². The van der Waals surface area contributed by atoms with Crippen molar-refractivity contribution in [2.45, 2.75) is 12.5 Å². The molecule has 0 aromatic carbocycles. The molecular weight excluding hydrogens is 138 g/mol. The van der Waals surface area contributed by atoms with Gasteiger partial charge in [-0.3, -0.25) is 4.98 Å². The fourth-order valence-corrected chi connectivity index (χ4v) is 0.790. The van der Waals surface area contributed by atoms with Crippen LogP contribution in [0.1, 0.15) is 5.69 Å². The third-order valence-electron chi connectivity index (χ3n) is 1.32. The molecule has 1 atom stereocenters. The first-order valence-corrected chi connectivity index (χ1v) is 3.38. The van der Waals surface area contributed by atoms with Crippen molar-refractivity contribution in [3.05, 3.63) is 30.1 Å². The lowest BCUT2D eigenvalue weighted by Gasteiger charge is -1.99. The van der Waals surface area contributed by atoms with Crippen molar-refractivity contribution in [1.82, 2.24) is 4.98 Å². The van der Waals surface area contributed by atoms with Crippen LogP contribution in [0.15, 0.2) is 24.4 Å². The molecule has 1 heterocycles. The predicted octanol–water partition coefficient (Wildman–Crippen LogP) is 0.475. The van der Waals surface area contributed by atoms with Crippen molar-refractivity contribution < 1.29 is 0 Å². The number of hydrogen-bond donors (Lipinski definition) is 1. The Hall–Kier alpha value is -1.40. The molecular formula is C8H9N3. The third kappa shape index (κ3) is 2.36. The highest BCUT2D eigenvalue weighted by molar-refractivity contribution is 5.07. The number of nitrogens with two attached hydrogens (primary N) is 1. The Morgan fingerprint density at radius 2 is 2.45 bits per heavy atom. The van der Waals surface area contributed by atoms with Gasteiger partial charge < -0.3 is 5.73 Å². The first kappa shape index (κ1) is 7.70. The van der Waals surface area contributed by atoms with Crippen LogP contribution in [0, 0.1) is 11.3 Å². The highest BCUT2D eigenvalue weighted by Crippen LogP contribution is 1.95. The summed E-state index contributed by atoms with van der Waals surface area (Å²) in [5, 5.41) is 8.39. The summed E-state index contributed by atoms with van der Waals surface area (Å²) in [7, 11) is 0. The Kier molecular flexibility index (Phi) is 2.59. The van der Waals surface area contributed by atoms with E-state index in [1.54, 1.807) is 6.20 Å². The molecule has 0 aliphatic heterocycles. The zero-order valence-corrected chi connectivity index (χ0v) is 6.07. The zero-order valence-electron chi connectivity index (χ0n) is 6.07. The van der Waals surface area contributed by atoms with E-state index in [9.17, 15) is 0 Å². The summed E-state index contributed by atoms with van der Waals surface area (Å²) in [5.41, 5.74) is 6.27. The van der Waals surface area contributed by atoms with Crippen molar-refractivity contribution >= 4 is 0 Å². The molecule has 0 saturated carbocycles. The van der Waals surface area contributed by atoms with Crippen molar-refractivity contribution in [2.75, 3.05) is 0 Å². The Labute approximate surface area is 65.5 Å². The molecule has 0 bridgehead atoms. The number of rotatable bonds is 2. The van der Waals surface area contributed by atoms with E-state index in [4.69, 9.17) is 11.0 Å². The molecule has 0 radical (unpaired) electrons. The van der Waals surface area contributed by atoms with E-state index >= 15 is 0 Å². The molecule has 0 fully saturated rings. The van der Waals surface area contributed by atoms with Crippen LogP contribution >= 0.6 is 0 Å². The molecule has 1 aromatic heterocycles. The van der Waals surface area contributed by atoms with Gasteiger partial charge in [0.25, 0.3) is 0 Å². The summed E-state index contributed by atoms with van der Waals surface area (Å²) in [6.07, 6.45) is 2.22. The van der Waals surface area contributed by atoms with Gasteiger partial charge in [0.1, 0.15) is 0 Å². The Bertz CT molecular complexity index is 250. The van der Waals surface area contributed by atoms with Gasteiger partial charge in [0.2, 0.25) is 0 Å². The molecule has 56 valence electrons. The molecule has 11 heavy (non-hydrogen) atoms. The van der Waals surface area contributed by atoms with E-state index in [0.29, 0.717) is 6.42 Å². The first-order valence-electron chi connectivity index (χ1n) is 3.38. The van der Waals surface area contributed by atoms with E-state index in [-0.39, 0.29) is 0 Å². The topological polar surface area (TPSA) is 62.7 Å². The van der Waals surface area contributed by atoms with Gasteiger partial charge in [0.15, 0.2) is 0 Å². The van der Waals surface area contributed by atoms with Gasteiger partial charge >= 0.3 is 0 Å². The maximum Gasteiger partial charge on any atom is 0.0983 e. The fourth-order valence-electron chi connectivity index (χ4n) is 0.790. The molecule has 1 aromatic rings. The second-order valence-corrected chi connectivity index (χ2v) is 2.26. The lowest BCUT2D eigenvalue weighted by molar-refractivity contribution is 0.800. The van der Waals surface area contributed by atoms with Crippen LogP contribution < -0.4 is 5.73 Å². The van der Waals surface area contributed by atoms with Gasteiger partial charge in [-0.05, 0) is 12.1 Å². The Balaban J connectivity index is 2.60. The second-order valence-electron chi connectivity index (χ2n) is 2.26. The van der Waals surface area contributed by atoms with Gasteiger partial charge in [-0.1, -0.05) is 6.07 Å². The number of nitrogens with zero attached hydrogens (tertiary/aromatic N) is 2. The maximum atomic E-state index is 8.39. The molecule has 3 nitrogen and oxygen atoms in total. The Morgan fingerprint density at radius 1 is 1.64 bits per heavy atom. The summed E-state index contributed by atoms with van der Waals surface area (Å²) in [6.45, 7) is 0. The minimum atomic E-state index is -0.440. The second kappa shape index (κ2) is 3.69. The molecule has 0 aliphatic carbocycles. The molecule has 0 spiro atoms. The lowest BCUT2D eigenvalue weighted by Crippen LogP contribution is -2.20. The van der Waals surface area contributed by atoms with Crippen molar-refractivity contribution in [1.29, 1.82) is 5.26 Å². The van der Waals surface area contributed by atoms with Crippen molar-refractivity contribution in [2.24, 2.45) is 5.73 Å². The molecule has 3 heteroatoms. The smallest absolute Gasteiger partial charge is 0.0983 e. The fraction of sp³-hybridized carbons (Fsp3) is 0.250. The molecule has 2 N–H and O–H groups in total. The minimum Gasteiger partial charge on any atom is -0.316 e. The number of nitriles is 1. The SMILES string of the molecule is N#C[C@H](N)Cc1ccccn1. The summed E-state index contributed by atoms with van der Waals surface area (Å²) in [4.78, 5) is 4.04. The van der Waals surface area contributed by atoms with Gasteiger partial charge in [-0.2, -0.15) is 5.26 Å². The van der Waals surface area contributed by atoms with Gasteiger partial charge in [-0.15, -0.1) is 0 Å². The van der Waals surface area contributed by atoms with E-state index in [1.165, 1.54) is 0 Å². The maximum absolute atomic E-state index is 8.39. The largest absolute Gasteiger partial charge is 0.316 e. The van der Waals surface area contributed by atoms with E-state index in [0.717, 1.165) is 5.69 Å². The van der Waals surface area contributed by atoms with Crippen molar-refractivity contribution in [3.8, 4) is 6.07 Å². The van der Waals surface area contributed by atoms with Gasteiger partial charge in [-0.25, -0.2) is 0 Å². The summed E-state index contributed by atoms with van der Waals surface area (Å²) >= 11 is 0. The standard InChI is InChI=1S/C8H9N3/c9-6-7(10)5-8-3-1-2-4-11-8/h1-4,7H,5,10H2/t7-/m1/s1. The van der Waals surface area contributed by atoms with Gasteiger partial charge in [0.05, 0.1) is 12.1 Å². The number of pyridine rings is 1. The zero-order chi connectivity index (χ0) is 8.10. The number of aromatic nitrogens is 1. The lowest BCUT2D eigenvalue weighted by atomic mass is 10.2. The highest BCUT2D eigenvalue weighted by Gasteiger charge is 2.00. The molecule has 0 aliphatic rings. The van der Waals surface area contributed by atoms with Crippen LogP contribution in [-0.2, 0) is 6.42 Å². The van der Waals surface area contributed by atoms with Crippen LogP contribution in [0.2, 0.25) is 0 Å². The predicted molar refractivity (Wildman–Crippen MR) is 41.5 cm³/mol. The van der Waals surface area contributed by atoms with Crippen LogP contribution in [0.3, 0.4) is 0 Å². The summed E-state index contributed by atoms with van der Waals surface area (Å²) in [6, 6.07) is 7.09. The molecule has 0 amide bonds. The highest BCUT2D eigenvalue weighted by atomic mass is 14.7. The minimum absolute atomic E-state index is 0.440. The first-order chi connectivity index (χ1) is 5.33. The third-order valence-corrected chi connectivity index (χ3v) is 1.32. The summed E-state index contributed by atoms with van der Waals surface area (Å²) < 4.78 is 0. The quantitative estimate of drug-likeness (QED) is 0.661. The van der Waals surface area contributed by atoms with Crippen LogP contribution in [0.5, 0.6) is 0 Å². The molecule has 0 saturated heterocycles. The normalized spacial score (nSPS) is 12.0.